The zero-order valence-electron chi connectivity index (χ0n) is 9.26. The van der Waals surface area contributed by atoms with E-state index in [0.29, 0.717) is 6.42 Å². The number of hydrogen-bond acceptors (Lipinski definition) is 3. The van der Waals surface area contributed by atoms with E-state index in [2.05, 4.69) is 0 Å². The van der Waals surface area contributed by atoms with Crippen LogP contribution in [0.5, 0.6) is 0 Å². The second-order valence-corrected chi connectivity index (χ2v) is 4.29. The van der Waals surface area contributed by atoms with Gasteiger partial charge in [0.05, 0.1) is 6.07 Å². The SMILES string of the molecule is CC(CCC(O)C#N)C(=S)c1ccccc1. The molecule has 16 heavy (non-hydrogen) atoms. The predicted octanol–water partition coefficient (Wildman–Crippen LogP) is 2.71. The number of nitriles is 1. The zero-order chi connectivity index (χ0) is 12.0. The van der Waals surface area contributed by atoms with Gasteiger partial charge in [-0.1, -0.05) is 49.5 Å². The highest BCUT2D eigenvalue weighted by molar-refractivity contribution is 7.80. The van der Waals surface area contributed by atoms with Gasteiger partial charge >= 0.3 is 0 Å². The van der Waals surface area contributed by atoms with Gasteiger partial charge in [-0.3, -0.25) is 0 Å². The molecule has 0 radical (unpaired) electrons. The lowest BCUT2D eigenvalue weighted by molar-refractivity contribution is 0.213. The average Bonchev–Trinajstić information content (AvgIpc) is 2.35. The topological polar surface area (TPSA) is 44.0 Å². The highest BCUT2D eigenvalue weighted by atomic mass is 32.1. The van der Waals surface area contributed by atoms with Gasteiger partial charge in [0, 0.05) is 4.86 Å². The van der Waals surface area contributed by atoms with Crippen molar-refractivity contribution in [3.05, 3.63) is 35.9 Å². The molecule has 0 heterocycles. The maximum atomic E-state index is 9.15. The van der Waals surface area contributed by atoms with Crippen LogP contribution >= 0.6 is 12.2 Å². The van der Waals surface area contributed by atoms with E-state index in [-0.39, 0.29) is 5.92 Å². The van der Waals surface area contributed by atoms with E-state index in [1.54, 1.807) is 0 Å². The molecule has 84 valence electrons. The molecule has 0 aliphatic heterocycles. The van der Waals surface area contributed by atoms with E-state index in [1.807, 2.05) is 43.3 Å². The predicted molar refractivity (Wildman–Crippen MR) is 68.2 cm³/mol. The van der Waals surface area contributed by atoms with Crippen molar-refractivity contribution in [1.29, 1.82) is 5.26 Å². The van der Waals surface area contributed by atoms with Crippen molar-refractivity contribution >= 4 is 17.1 Å². The fourth-order valence-corrected chi connectivity index (χ4v) is 1.74. The Bertz CT molecular complexity index is 383. The summed E-state index contributed by atoms with van der Waals surface area (Å²) in [4.78, 5) is 0.894. The van der Waals surface area contributed by atoms with Gasteiger partial charge in [0.15, 0.2) is 0 Å². The summed E-state index contributed by atoms with van der Waals surface area (Å²) in [5, 5.41) is 17.6. The summed E-state index contributed by atoms with van der Waals surface area (Å²) in [6.45, 7) is 2.03. The van der Waals surface area contributed by atoms with Crippen molar-refractivity contribution in [3.63, 3.8) is 0 Å². The average molecular weight is 233 g/mol. The van der Waals surface area contributed by atoms with Gasteiger partial charge in [0.1, 0.15) is 6.10 Å². The van der Waals surface area contributed by atoms with E-state index in [0.717, 1.165) is 16.8 Å². The Labute approximate surface area is 102 Å². The number of aliphatic hydroxyl groups excluding tert-OH is 1. The molecular formula is C13H15NOS. The first-order chi connectivity index (χ1) is 7.65. The minimum atomic E-state index is -0.874. The number of hydrogen-bond donors (Lipinski definition) is 1. The maximum Gasteiger partial charge on any atom is 0.140 e. The molecule has 0 aliphatic rings. The molecule has 3 heteroatoms. The van der Waals surface area contributed by atoms with Crippen molar-refractivity contribution < 1.29 is 5.11 Å². The Morgan fingerprint density at radius 1 is 1.38 bits per heavy atom. The highest BCUT2D eigenvalue weighted by Gasteiger charge is 2.12. The van der Waals surface area contributed by atoms with Crippen LogP contribution in [0.1, 0.15) is 25.3 Å². The molecule has 0 fully saturated rings. The lowest BCUT2D eigenvalue weighted by Gasteiger charge is -2.13. The largest absolute Gasteiger partial charge is 0.378 e. The first-order valence-corrected chi connectivity index (χ1v) is 5.73. The van der Waals surface area contributed by atoms with Crippen molar-refractivity contribution in [2.75, 3.05) is 0 Å². The quantitative estimate of drug-likeness (QED) is 0.483. The van der Waals surface area contributed by atoms with Crippen LogP contribution in [0.25, 0.3) is 0 Å². The minimum absolute atomic E-state index is 0.209. The van der Waals surface area contributed by atoms with Crippen LogP contribution in [0.15, 0.2) is 30.3 Å². The van der Waals surface area contributed by atoms with E-state index in [4.69, 9.17) is 22.6 Å². The Morgan fingerprint density at radius 3 is 2.56 bits per heavy atom. The summed E-state index contributed by atoms with van der Waals surface area (Å²) >= 11 is 5.37. The third kappa shape index (κ3) is 3.73. The van der Waals surface area contributed by atoms with Crippen molar-refractivity contribution in [3.8, 4) is 6.07 Å². The number of benzene rings is 1. The van der Waals surface area contributed by atoms with Gasteiger partial charge in [-0.15, -0.1) is 0 Å². The molecule has 1 N–H and O–H groups in total. The summed E-state index contributed by atoms with van der Waals surface area (Å²) in [5.41, 5.74) is 1.05. The molecule has 0 spiro atoms. The standard InChI is InChI=1S/C13H15NOS/c1-10(7-8-12(15)9-14)13(16)11-5-3-2-4-6-11/h2-6,10,12,15H,7-8H2,1H3. The van der Waals surface area contributed by atoms with Gasteiger partial charge in [0.2, 0.25) is 0 Å². The molecule has 0 aliphatic carbocycles. The Kier molecular flexibility index (Phi) is 5.10. The van der Waals surface area contributed by atoms with Crippen LogP contribution in [0, 0.1) is 17.2 Å². The molecule has 2 atom stereocenters. The third-order valence-electron chi connectivity index (χ3n) is 2.53. The lowest BCUT2D eigenvalue weighted by atomic mass is 9.95. The fraction of sp³-hybridized carbons (Fsp3) is 0.385. The number of aliphatic hydroxyl groups is 1. The summed E-state index contributed by atoms with van der Waals surface area (Å²) in [5.74, 6) is 0.209. The molecular weight excluding hydrogens is 218 g/mol. The molecule has 0 aromatic heterocycles. The molecule has 1 aromatic carbocycles. The number of nitrogens with zero attached hydrogens (tertiary/aromatic N) is 1. The van der Waals surface area contributed by atoms with Gasteiger partial charge in [-0.2, -0.15) is 5.26 Å². The first-order valence-electron chi connectivity index (χ1n) is 5.32. The van der Waals surface area contributed by atoms with Crippen LogP contribution in [0.4, 0.5) is 0 Å². The molecule has 0 saturated carbocycles. The van der Waals surface area contributed by atoms with Crippen LogP contribution < -0.4 is 0 Å². The second kappa shape index (κ2) is 6.37. The van der Waals surface area contributed by atoms with Crippen LogP contribution in [-0.4, -0.2) is 16.1 Å². The third-order valence-corrected chi connectivity index (χ3v) is 3.17. The van der Waals surface area contributed by atoms with Crippen LogP contribution in [0.3, 0.4) is 0 Å². The number of thiocarbonyl (C=S) groups is 1. The van der Waals surface area contributed by atoms with Crippen LogP contribution in [-0.2, 0) is 0 Å². The van der Waals surface area contributed by atoms with Crippen molar-refractivity contribution in [1.82, 2.24) is 0 Å². The number of rotatable bonds is 5. The molecule has 1 aromatic rings. The molecule has 0 amide bonds. The Morgan fingerprint density at radius 2 is 2.00 bits per heavy atom. The Hall–Kier alpha value is -1.24. The molecule has 0 saturated heterocycles. The summed E-state index contributed by atoms with van der Waals surface area (Å²) in [7, 11) is 0. The Balaban J connectivity index is 2.53. The molecule has 0 bridgehead atoms. The van der Waals surface area contributed by atoms with Gasteiger partial charge in [-0.05, 0) is 24.3 Å². The summed E-state index contributed by atoms with van der Waals surface area (Å²) < 4.78 is 0. The van der Waals surface area contributed by atoms with E-state index < -0.39 is 6.10 Å². The molecule has 1 rings (SSSR count). The van der Waals surface area contributed by atoms with E-state index >= 15 is 0 Å². The van der Waals surface area contributed by atoms with Gasteiger partial charge in [0.25, 0.3) is 0 Å². The summed E-state index contributed by atoms with van der Waals surface area (Å²) in [6.07, 6.45) is 0.341. The van der Waals surface area contributed by atoms with Gasteiger partial charge < -0.3 is 5.11 Å². The summed E-state index contributed by atoms with van der Waals surface area (Å²) in [6, 6.07) is 11.7. The zero-order valence-corrected chi connectivity index (χ0v) is 10.1. The van der Waals surface area contributed by atoms with E-state index in [9.17, 15) is 0 Å². The maximum absolute atomic E-state index is 9.15. The fourth-order valence-electron chi connectivity index (χ4n) is 1.49. The smallest absolute Gasteiger partial charge is 0.140 e. The first kappa shape index (κ1) is 12.8. The monoisotopic (exact) mass is 233 g/mol. The van der Waals surface area contributed by atoms with E-state index in [1.165, 1.54) is 0 Å². The highest BCUT2D eigenvalue weighted by Crippen LogP contribution is 2.16. The molecule has 2 unspecified atom stereocenters. The van der Waals surface area contributed by atoms with Crippen LogP contribution in [0.2, 0.25) is 0 Å². The molecule has 2 nitrogen and oxygen atoms in total. The normalized spacial score (nSPS) is 13.8. The van der Waals surface area contributed by atoms with Crippen molar-refractivity contribution in [2.45, 2.75) is 25.9 Å². The lowest BCUT2D eigenvalue weighted by Crippen LogP contribution is -2.13. The van der Waals surface area contributed by atoms with Crippen molar-refractivity contribution in [2.24, 2.45) is 5.92 Å². The second-order valence-electron chi connectivity index (χ2n) is 3.85. The minimum Gasteiger partial charge on any atom is -0.378 e. The van der Waals surface area contributed by atoms with Gasteiger partial charge in [-0.25, -0.2) is 0 Å².